The molecule has 0 saturated heterocycles. The molecule has 4 nitrogen and oxygen atoms in total. The molecule has 0 aromatic heterocycles. The third-order valence-electron chi connectivity index (χ3n) is 2.80. The van der Waals surface area contributed by atoms with Gasteiger partial charge in [-0.3, -0.25) is 0 Å². The van der Waals surface area contributed by atoms with Gasteiger partial charge in [0.2, 0.25) is 0 Å². The van der Waals surface area contributed by atoms with Crippen LogP contribution in [-0.2, 0) is 9.47 Å². The Morgan fingerprint density at radius 2 is 1.81 bits per heavy atom. The van der Waals surface area contributed by atoms with Crippen LogP contribution >= 0.6 is 0 Å². The van der Waals surface area contributed by atoms with Crippen LogP contribution in [0.15, 0.2) is 0 Å². The van der Waals surface area contributed by atoms with Crippen LogP contribution in [0.25, 0.3) is 0 Å². The number of ether oxygens (including phenoxy) is 2. The first kappa shape index (κ1) is 15.8. The van der Waals surface area contributed by atoms with Gasteiger partial charge in [0.25, 0.3) is 0 Å². The van der Waals surface area contributed by atoms with Gasteiger partial charge >= 0.3 is 0 Å². The number of aliphatic hydroxyl groups is 1. The highest BCUT2D eigenvalue weighted by molar-refractivity contribution is 4.68. The fourth-order valence-electron chi connectivity index (χ4n) is 1.64. The quantitative estimate of drug-likeness (QED) is 0.524. The molecule has 4 heteroatoms. The molecule has 0 bridgehead atoms. The zero-order chi connectivity index (χ0) is 12.2. The summed E-state index contributed by atoms with van der Waals surface area (Å²) < 4.78 is 10.2. The maximum Gasteiger partial charge on any atom is 0.0700 e. The summed E-state index contributed by atoms with van der Waals surface area (Å²) in [5.74, 6) is 0.405. The first-order valence-electron chi connectivity index (χ1n) is 6.21. The minimum Gasteiger partial charge on any atom is -0.392 e. The van der Waals surface area contributed by atoms with Gasteiger partial charge in [-0.05, 0) is 5.92 Å². The number of hydrogen-bond donors (Lipinski definition) is 2. The van der Waals surface area contributed by atoms with E-state index in [0.717, 1.165) is 19.4 Å². The Hall–Kier alpha value is -0.160. The first-order chi connectivity index (χ1) is 7.76. The van der Waals surface area contributed by atoms with Crippen LogP contribution < -0.4 is 5.32 Å². The van der Waals surface area contributed by atoms with Gasteiger partial charge in [0, 0.05) is 20.2 Å². The molecule has 0 rings (SSSR count). The standard InChI is InChI=1S/C12H27NO3/c1-4-11(5-2)12(14)10-13-6-7-16-9-8-15-3/h11-14H,4-10H2,1-3H3. The van der Waals surface area contributed by atoms with E-state index in [0.29, 0.717) is 32.3 Å². The highest BCUT2D eigenvalue weighted by atomic mass is 16.5. The summed E-state index contributed by atoms with van der Waals surface area (Å²) in [6, 6.07) is 0. The molecular weight excluding hydrogens is 206 g/mol. The third kappa shape index (κ3) is 8.05. The monoisotopic (exact) mass is 233 g/mol. The van der Waals surface area contributed by atoms with E-state index >= 15 is 0 Å². The molecule has 0 fully saturated rings. The number of rotatable bonds is 11. The van der Waals surface area contributed by atoms with E-state index in [4.69, 9.17) is 9.47 Å². The van der Waals surface area contributed by atoms with Gasteiger partial charge in [0.1, 0.15) is 0 Å². The molecule has 0 radical (unpaired) electrons. The van der Waals surface area contributed by atoms with Crippen molar-refractivity contribution >= 4 is 0 Å². The van der Waals surface area contributed by atoms with Crippen molar-refractivity contribution in [1.82, 2.24) is 5.32 Å². The molecular formula is C12H27NO3. The first-order valence-corrected chi connectivity index (χ1v) is 6.21. The summed E-state index contributed by atoms with van der Waals surface area (Å²) >= 11 is 0. The fourth-order valence-corrected chi connectivity index (χ4v) is 1.64. The molecule has 0 aliphatic carbocycles. The Bertz CT molecular complexity index is 140. The van der Waals surface area contributed by atoms with Crippen molar-refractivity contribution in [3.8, 4) is 0 Å². The fraction of sp³-hybridized carbons (Fsp3) is 1.00. The van der Waals surface area contributed by atoms with E-state index in [9.17, 15) is 5.11 Å². The van der Waals surface area contributed by atoms with Gasteiger partial charge in [-0.2, -0.15) is 0 Å². The zero-order valence-corrected chi connectivity index (χ0v) is 10.9. The molecule has 1 atom stereocenters. The Kier molecular flexibility index (Phi) is 11.2. The van der Waals surface area contributed by atoms with Gasteiger partial charge < -0.3 is 19.9 Å². The molecule has 0 aliphatic rings. The van der Waals surface area contributed by atoms with E-state index in [-0.39, 0.29) is 6.10 Å². The molecule has 16 heavy (non-hydrogen) atoms. The Morgan fingerprint density at radius 3 is 2.38 bits per heavy atom. The largest absolute Gasteiger partial charge is 0.392 e. The number of hydrogen-bond acceptors (Lipinski definition) is 4. The predicted octanol–water partition coefficient (Wildman–Crippen LogP) is 1.04. The van der Waals surface area contributed by atoms with Crippen LogP contribution in [-0.4, -0.2) is 51.2 Å². The lowest BCUT2D eigenvalue weighted by Crippen LogP contribution is -2.34. The average Bonchev–Trinajstić information content (AvgIpc) is 2.29. The molecule has 98 valence electrons. The van der Waals surface area contributed by atoms with Crippen molar-refractivity contribution in [2.75, 3.05) is 40.0 Å². The van der Waals surface area contributed by atoms with Crippen molar-refractivity contribution in [1.29, 1.82) is 0 Å². The van der Waals surface area contributed by atoms with Crippen molar-refractivity contribution in [3.63, 3.8) is 0 Å². The summed E-state index contributed by atoms with van der Waals surface area (Å²) in [4.78, 5) is 0. The smallest absolute Gasteiger partial charge is 0.0700 e. The van der Waals surface area contributed by atoms with Gasteiger partial charge in [-0.15, -0.1) is 0 Å². The number of methoxy groups -OCH3 is 1. The molecule has 0 aliphatic heterocycles. The van der Waals surface area contributed by atoms with Gasteiger partial charge in [-0.1, -0.05) is 26.7 Å². The second-order valence-electron chi connectivity index (χ2n) is 3.95. The van der Waals surface area contributed by atoms with E-state index in [1.165, 1.54) is 0 Å². The molecule has 0 aromatic rings. The van der Waals surface area contributed by atoms with E-state index in [1.807, 2.05) is 0 Å². The number of aliphatic hydroxyl groups excluding tert-OH is 1. The lowest BCUT2D eigenvalue weighted by atomic mass is 9.97. The van der Waals surface area contributed by atoms with Crippen LogP contribution in [0, 0.1) is 5.92 Å². The van der Waals surface area contributed by atoms with Crippen LogP contribution in [0.1, 0.15) is 26.7 Å². The van der Waals surface area contributed by atoms with E-state index in [1.54, 1.807) is 7.11 Å². The highest BCUT2D eigenvalue weighted by Crippen LogP contribution is 2.11. The van der Waals surface area contributed by atoms with E-state index < -0.39 is 0 Å². The maximum atomic E-state index is 9.83. The second kappa shape index (κ2) is 11.3. The van der Waals surface area contributed by atoms with Gasteiger partial charge in [0.05, 0.1) is 25.9 Å². The summed E-state index contributed by atoms with van der Waals surface area (Å²) in [6.07, 6.45) is 1.82. The Balaban J connectivity index is 3.30. The number of nitrogens with one attached hydrogen (secondary N) is 1. The SMILES string of the molecule is CCC(CC)C(O)CNCCOCCOC. The normalized spacial score (nSPS) is 13.3. The van der Waals surface area contributed by atoms with Crippen molar-refractivity contribution in [2.24, 2.45) is 5.92 Å². The minimum atomic E-state index is -0.242. The molecule has 2 N–H and O–H groups in total. The minimum absolute atomic E-state index is 0.242. The molecule has 0 saturated carbocycles. The molecule has 1 unspecified atom stereocenters. The van der Waals surface area contributed by atoms with Crippen LogP contribution in [0.4, 0.5) is 0 Å². The highest BCUT2D eigenvalue weighted by Gasteiger charge is 2.14. The molecule has 0 aromatic carbocycles. The summed E-state index contributed by atoms with van der Waals surface area (Å²) in [7, 11) is 1.66. The topological polar surface area (TPSA) is 50.7 Å². The Morgan fingerprint density at radius 1 is 1.12 bits per heavy atom. The summed E-state index contributed by atoms with van der Waals surface area (Å²) in [5.41, 5.74) is 0. The van der Waals surface area contributed by atoms with Crippen molar-refractivity contribution in [3.05, 3.63) is 0 Å². The average molecular weight is 233 g/mol. The van der Waals surface area contributed by atoms with Crippen LogP contribution in [0.3, 0.4) is 0 Å². The van der Waals surface area contributed by atoms with Crippen molar-refractivity contribution < 1.29 is 14.6 Å². The third-order valence-corrected chi connectivity index (χ3v) is 2.80. The lowest BCUT2D eigenvalue weighted by Gasteiger charge is -2.20. The van der Waals surface area contributed by atoms with E-state index in [2.05, 4.69) is 19.2 Å². The molecule has 0 spiro atoms. The van der Waals surface area contributed by atoms with Gasteiger partial charge in [0.15, 0.2) is 0 Å². The van der Waals surface area contributed by atoms with Crippen LogP contribution in [0.5, 0.6) is 0 Å². The zero-order valence-electron chi connectivity index (χ0n) is 10.9. The summed E-state index contributed by atoms with van der Waals surface area (Å²) in [6.45, 7) is 7.60. The van der Waals surface area contributed by atoms with Crippen LogP contribution in [0.2, 0.25) is 0 Å². The molecule has 0 heterocycles. The second-order valence-corrected chi connectivity index (χ2v) is 3.95. The predicted molar refractivity (Wildman–Crippen MR) is 65.6 cm³/mol. The Labute approximate surface area is 99.3 Å². The summed E-state index contributed by atoms with van der Waals surface area (Å²) in [5, 5.41) is 13.0. The molecule has 0 amide bonds. The lowest BCUT2D eigenvalue weighted by molar-refractivity contribution is 0.0667. The maximum absolute atomic E-state index is 9.83. The van der Waals surface area contributed by atoms with Gasteiger partial charge in [-0.25, -0.2) is 0 Å². The van der Waals surface area contributed by atoms with Crippen molar-refractivity contribution in [2.45, 2.75) is 32.8 Å².